The zero-order valence-corrected chi connectivity index (χ0v) is 14.9. The Morgan fingerprint density at radius 2 is 2.04 bits per heavy atom. The molecule has 0 aliphatic carbocycles. The van der Waals surface area contributed by atoms with Gasteiger partial charge in [-0.15, -0.1) is 11.8 Å². The van der Waals surface area contributed by atoms with Gasteiger partial charge in [-0.1, -0.05) is 30.3 Å². The first-order chi connectivity index (χ1) is 13.0. The number of carboxylic acid groups (broad SMARTS) is 1. The van der Waals surface area contributed by atoms with E-state index < -0.39 is 10.9 Å². The van der Waals surface area contributed by atoms with Crippen LogP contribution in [0.1, 0.15) is 12.0 Å². The van der Waals surface area contributed by atoms with Crippen LogP contribution in [0.5, 0.6) is 0 Å². The summed E-state index contributed by atoms with van der Waals surface area (Å²) in [7, 11) is 0. The molecule has 0 saturated heterocycles. The van der Waals surface area contributed by atoms with Gasteiger partial charge in [0.1, 0.15) is 5.52 Å². The number of nitro benzene ring substituents is 1. The van der Waals surface area contributed by atoms with E-state index in [0.717, 1.165) is 16.6 Å². The number of H-pyrrole nitrogens is 1. The number of rotatable bonds is 5. The number of nitrogens with one attached hydrogen (secondary N) is 1. The van der Waals surface area contributed by atoms with E-state index in [1.807, 2.05) is 42.5 Å². The number of carbonyl (C=O) groups is 1. The van der Waals surface area contributed by atoms with Gasteiger partial charge in [0.2, 0.25) is 0 Å². The Balaban J connectivity index is 1.79. The summed E-state index contributed by atoms with van der Waals surface area (Å²) >= 11 is 1.43. The van der Waals surface area contributed by atoms with Gasteiger partial charge < -0.3 is 10.1 Å². The molecule has 136 valence electrons. The quantitative estimate of drug-likeness (QED) is 0.511. The Morgan fingerprint density at radius 3 is 2.74 bits per heavy atom. The van der Waals surface area contributed by atoms with Gasteiger partial charge in [-0.05, 0) is 17.7 Å². The summed E-state index contributed by atoms with van der Waals surface area (Å²) in [6, 6.07) is 14.5. The fourth-order valence-electron chi connectivity index (χ4n) is 3.15. The topological polar surface area (TPSA) is 109 Å². The van der Waals surface area contributed by atoms with Crippen molar-refractivity contribution >= 4 is 39.4 Å². The van der Waals surface area contributed by atoms with E-state index in [2.05, 4.69) is 9.98 Å². The number of aliphatic carboxylic acids is 1. The van der Waals surface area contributed by atoms with Gasteiger partial charge in [0.05, 0.1) is 22.4 Å². The minimum atomic E-state index is -0.898. The minimum absolute atomic E-state index is 0.0188. The number of nitrogens with zero attached hydrogens (tertiary/aromatic N) is 2. The van der Waals surface area contributed by atoms with Crippen LogP contribution in [0, 0.1) is 10.1 Å². The molecule has 0 radical (unpaired) electrons. The van der Waals surface area contributed by atoms with Crippen LogP contribution >= 0.6 is 11.8 Å². The number of aromatic nitrogens is 1. The normalized spacial score (nSPS) is 16.4. The molecule has 1 aliphatic heterocycles. The van der Waals surface area contributed by atoms with Crippen molar-refractivity contribution in [2.75, 3.05) is 5.75 Å². The molecule has 2 aromatic carbocycles. The number of benzene rings is 2. The summed E-state index contributed by atoms with van der Waals surface area (Å²) in [6.45, 7) is 0. The maximum Gasteiger partial charge on any atom is 0.305 e. The molecule has 0 spiro atoms. The van der Waals surface area contributed by atoms with Crippen molar-refractivity contribution in [1.82, 2.24) is 4.98 Å². The molecule has 1 aliphatic rings. The van der Waals surface area contributed by atoms with Crippen molar-refractivity contribution in [1.29, 1.82) is 0 Å². The van der Waals surface area contributed by atoms with Crippen molar-refractivity contribution in [2.24, 2.45) is 4.99 Å². The molecule has 0 saturated carbocycles. The van der Waals surface area contributed by atoms with Crippen LogP contribution in [-0.4, -0.2) is 37.8 Å². The van der Waals surface area contributed by atoms with Crippen molar-refractivity contribution in [2.45, 2.75) is 12.5 Å². The first-order valence-electron chi connectivity index (χ1n) is 8.30. The van der Waals surface area contributed by atoms with Crippen LogP contribution in [0.2, 0.25) is 0 Å². The molecule has 0 amide bonds. The van der Waals surface area contributed by atoms with E-state index >= 15 is 0 Å². The largest absolute Gasteiger partial charge is 0.481 e. The van der Waals surface area contributed by atoms with Crippen LogP contribution in [0.25, 0.3) is 22.2 Å². The molecule has 1 atom stereocenters. The number of nitro groups is 1. The highest BCUT2D eigenvalue weighted by atomic mass is 32.2. The lowest BCUT2D eigenvalue weighted by Crippen LogP contribution is -2.10. The zero-order chi connectivity index (χ0) is 19.0. The monoisotopic (exact) mass is 381 g/mol. The van der Waals surface area contributed by atoms with Gasteiger partial charge in [0.25, 0.3) is 5.69 Å². The Kier molecular flexibility index (Phi) is 4.41. The van der Waals surface area contributed by atoms with E-state index in [0.29, 0.717) is 21.9 Å². The third-order valence-electron chi connectivity index (χ3n) is 4.36. The molecule has 2 N–H and O–H groups in total. The SMILES string of the molecule is O=C(O)C[C@@H]1CSC(c2cc([N+](=O)[O-])c3[nH]c(-c4ccccc4)cc3c2)=N1. The predicted molar refractivity (Wildman–Crippen MR) is 105 cm³/mol. The van der Waals surface area contributed by atoms with Crippen LogP contribution in [-0.2, 0) is 4.79 Å². The van der Waals surface area contributed by atoms with Gasteiger partial charge in [-0.25, -0.2) is 0 Å². The lowest BCUT2D eigenvalue weighted by molar-refractivity contribution is -0.383. The first kappa shape index (κ1) is 17.3. The maximum absolute atomic E-state index is 11.6. The molecule has 27 heavy (non-hydrogen) atoms. The Bertz CT molecular complexity index is 1080. The first-order valence-corrected chi connectivity index (χ1v) is 9.29. The van der Waals surface area contributed by atoms with E-state index in [1.54, 1.807) is 0 Å². The summed E-state index contributed by atoms with van der Waals surface area (Å²) in [5.41, 5.74) is 2.84. The molecule has 7 nitrogen and oxygen atoms in total. The predicted octanol–water partition coefficient (Wildman–Crippen LogP) is 4.08. The molecule has 4 rings (SSSR count). The number of carboxylic acids is 1. The minimum Gasteiger partial charge on any atom is -0.481 e. The number of non-ortho nitro benzene ring substituents is 1. The van der Waals surface area contributed by atoms with Crippen molar-refractivity contribution < 1.29 is 14.8 Å². The van der Waals surface area contributed by atoms with Gasteiger partial charge in [-0.3, -0.25) is 19.9 Å². The van der Waals surface area contributed by atoms with Gasteiger partial charge in [-0.2, -0.15) is 0 Å². The molecule has 0 fully saturated rings. The second-order valence-electron chi connectivity index (χ2n) is 6.26. The summed E-state index contributed by atoms with van der Waals surface area (Å²) in [6.07, 6.45) is -0.0385. The summed E-state index contributed by atoms with van der Waals surface area (Å²) < 4.78 is 0. The number of hydrogen-bond acceptors (Lipinski definition) is 5. The molecule has 2 heterocycles. The van der Waals surface area contributed by atoms with E-state index in [1.165, 1.54) is 17.8 Å². The van der Waals surface area contributed by atoms with E-state index in [4.69, 9.17) is 5.11 Å². The number of hydrogen-bond donors (Lipinski definition) is 2. The van der Waals surface area contributed by atoms with Crippen molar-refractivity contribution in [3.05, 3.63) is 64.2 Å². The highest BCUT2D eigenvalue weighted by Crippen LogP contribution is 2.34. The summed E-state index contributed by atoms with van der Waals surface area (Å²) in [5, 5.41) is 21.9. The van der Waals surface area contributed by atoms with E-state index in [9.17, 15) is 14.9 Å². The third-order valence-corrected chi connectivity index (χ3v) is 5.52. The average molecular weight is 381 g/mol. The zero-order valence-electron chi connectivity index (χ0n) is 14.1. The molecular formula is C19H15N3O4S. The second-order valence-corrected chi connectivity index (χ2v) is 7.27. The van der Waals surface area contributed by atoms with Gasteiger partial charge in [0.15, 0.2) is 0 Å². The lowest BCUT2D eigenvalue weighted by atomic mass is 10.1. The third kappa shape index (κ3) is 3.43. The molecular weight excluding hydrogens is 366 g/mol. The molecule has 0 bridgehead atoms. The van der Waals surface area contributed by atoms with Crippen molar-refractivity contribution in [3.8, 4) is 11.3 Å². The van der Waals surface area contributed by atoms with Crippen LogP contribution in [0.4, 0.5) is 5.69 Å². The second kappa shape index (κ2) is 6.88. The van der Waals surface area contributed by atoms with Gasteiger partial charge >= 0.3 is 5.97 Å². The fraction of sp³-hybridized carbons (Fsp3) is 0.158. The van der Waals surface area contributed by atoms with Crippen LogP contribution < -0.4 is 0 Å². The number of aliphatic imine (C=N–C) groups is 1. The maximum atomic E-state index is 11.6. The van der Waals surface area contributed by atoms with Gasteiger partial charge in [0, 0.05) is 28.5 Å². The van der Waals surface area contributed by atoms with Crippen LogP contribution in [0.3, 0.4) is 0 Å². The lowest BCUT2D eigenvalue weighted by Gasteiger charge is -2.02. The van der Waals surface area contributed by atoms with E-state index in [-0.39, 0.29) is 18.2 Å². The number of fused-ring (bicyclic) bond motifs is 1. The van der Waals surface area contributed by atoms with Crippen LogP contribution in [0.15, 0.2) is 53.5 Å². The average Bonchev–Trinajstić information content (AvgIpc) is 3.27. The van der Waals surface area contributed by atoms with Crippen molar-refractivity contribution in [3.63, 3.8) is 0 Å². The Morgan fingerprint density at radius 1 is 1.26 bits per heavy atom. The molecule has 3 aromatic rings. The number of thioether (sulfide) groups is 1. The molecule has 0 unspecified atom stereocenters. The summed E-state index contributed by atoms with van der Waals surface area (Å²) in [4.78, 5) is 29.7. The molecule has 8 heteroatoms. The smallest absolute Gasteiger partial charge is 0.305 e. The summed E-state index contributed by atoms with van der Waals surface area (Å²) in [5.74, 6) is -0.333. The fourth-order valence-corrected chi connectivity index (χ4v) is 4.20. The Labute approximate surface area is 158 Å². The highest BCUT2D eigenvalue weighted by Gasteiger charge is 2.25. The standard InChI is InChI=1S/C19H15N3O4S/c23-17(24)9-14-10-27-19(20-14)13-6-12-7-15(11-4-2-1-3-5-11)21-18(12)16(8-13)22(25)26/h1-8,14,21H,9-10H2,(H,23,24)/t14-/m1/s1. The highest BCUT2D eigenvalue weighted by molar-refractivity contribution is 8.14. The Hall–Kier alpha value is -3.13. The molecule has 1 aromatic heterocycles. The number of aromatic amines is 1.